The lowest BCUT2D eigenvalue weighted by Crippen LogP contribution is -2.48. The molecule has 2 aromatic heterocycles. The molecule has 0 aliphatic carbocycles. The minimum Gasteiger partial charge on any atom is -0.466 e. The minimum atomic E-state index is -0.108. The van der Waals surface area contributed by atoms with Crippen molar-refractivity contribution in [2.75, 3.05) is 26.7 Å². The first-order chi connectivity index (χ1) is 12.6. The van der Waals surface area contributed by atoms with Crippen molar-refractivity contribution < 1.29 is 9.53 Å². The molecular weight excluding hydrogens is 330 g/mol. The fourth-order valence-electron chi connectivity index (χ4n) is 3.35. The van der Waals surface area contributed by atoms with Crippen molar-refractivity contribution >= 4 is 17.6 Å². The zero-order valence-electron chi connectivity index (χ0n) is 15.7. The van der Waals surface area contributed by atoms with Gasteiger partial charge in [0.15, 0.2) is 5.96 Å². The number of guanidine groups is 1. The number of fused-ring (bicyclic) bond motifs is 1. The SMILES string of the molecule is CCOC(=O)[C@@H]1CCCN(C(=NC)NCc2cn3ccc(C)cc3n2)C1. The molecule has 1 atom stereocenters. The summed E-state index contributed by atoms with van der Waals surface area (Å²) < 4.78 is 7.20. The molecule has 1 aliphatic rings. The number of imidazole rings is 1. The van der Waals surface area contributed by atoms with Crippen LogP contribution in [-0.4, -0.2) is 53.0 Å². The van der Waals surface area contributed by atoms with E-state index in [0.29, 0.717) is 19.7 Å². The molecular formula is C19H27N5O2. The number of aliphatic imine (C=N–C) groups is 1. The third kappa shape index (κ3) is 4.15. The van der Waals surface area contributed by atoms with Crippen LogP contribution in [0.3, 0.4) is 0 Å². The molecule has 0 radical (unpaired) electrons. The first-order valence-corrected chi connectivity index (χ1v) is 9.17. The second-order valence-corrected chi connectivity index (χ2v) is 6.64. The Kier molecular flexibility index (Phi) is 5.75. The van der Waals surface area contributed by atoms with Gasteiger partial charge in [-0.3, -0.25) is 9.79 Å². The maximum Gasteiger partial charge on any atom is 0.310 e. The summed E-state index contributed by atoms with van der Waals surface area (Å²) in [6, 6.07) is 4.13. The number of pyridine rings is 1. The Hall–Kier alpha value is -2.57. The number of nitrogens with zero attached hydrogens (tertiary/aromatic N) is 4. The van der Waals surface area contributed by atoms with Crippen molar-refractivity contribution in [1.82, 2.24) is 19.6 Å². The van der Waals surface area contributed by atoms with Crippen LogP contribution in [0, 0.1) is 12.8 Å². The summed E-state index contributed by atoms with van der Waals surface area (Å²) >= 11 is 0. The highest BCUT2D eigenvalue weighted by molar-refractivity contribution is 5.81. The number of aromatic nitrogens is 2. The first kappa shape index (κ1) is 18.2. The second kappa shape index (κ2) is 8.21. The van der Waals surface area contributed by atoms with E-state index in [1.54, 1.807) is 7.05 Å². The molecule has 1 fully saturated rings. The van der Waals surface area contributed by atoms with Crippen LogP contribution >= 0.6 is 0 Å². The van der Waals surface area contributed by atoms with Gasteiger partial charge in [-0.2, -0.15) is 0 Å². The molecule has 0 unspecified atom stereocenters. The van der Waals surface area contributed by atoms with E-state index < -0.39 is 0 Å². The van der Waals surface area contributed by atoms with Gasteiger partial charge in [0.25, 0.3) is 0 Å². The zero-order valence-corrected chi connectivity index (χ0v) is 15.7. The van der Waals surface area contributed by atoms with Gasteiger partial charge < -0.3 is 19.4 Å². The van der Waals surface area contributed by atoms with Crippen LogP contribution in [-0.2, 0) is 16.1 Å². The Bertz CT molecular complexity index is 798. The van der Waals surface area contributed by atoms with E-state index in [1.807, 2.05) is 23.7 Å². The number of hydrogen-bond acceptors (Lipinski definition) is 4. The number of likely N-dealkylation sites (tertiary alicyclic amines) is 1. The Morgan fingerprint density at radius 1 is 1.50 bits per heavy atom. The number of piperidine rings is 1. The van der Waals surface area contributed by atoms with Crippen LogP contribution in [0.4, 0.5) is 0 Å². The van der Waals surface area contributed by atoms with Crippen molar-refractivity contribution in [2.24, 2.45) is 10.9 Å². The molecule has 3 rings (SSSR count). The van der Waals surface area contributed by atoms with Crippen LogP contribution in [0.25, 0.3) is 5.65 Å². The van der Waals surface area contributed by atoms with Crippen molar-refractivity contribution in [2.45, 2.75) is 33.2 Å². The predicted molar refractivity (Wildman–Crippen MR) is 101 cm³/mol. The second-order valence-electron chi connectivity index (χ2n) is 6.64. The molecule has 26 heavy (non-hydrogen) atoms. The quantitative estimate of drug-likeness (QED) is 0.515. The standard InChI is InChI=1S/C19H27N5O2/c1-4-26-18(25)15-6-5-8-24(12-15)19(20-3)21-11-16-13-23-9-7-14(2)10-17(23)22-16/h7,9-10,13,15H,4-6,8,11-12H2,1-3H3,(H,20,21)/t15-/m1/s1. The van der Waals surface area contributed by atoms with Crippen molar-refractivity contribution in [3.05, 3.63) is 35.8 Å². The van der Waals surface area contributed by atoms with Crippen LogP contribution < -0.4 is 5.32 Å². The molecule has 2 aromatic rings. The number of carbonyl (C=O) groups excluding carboxylic acids is 1. The predicted octanol–water partition coefficient (Wildman–Crippen LogP) is 1.99. The fourth-order valence-corrected chi connectivity index (χ4v) is 3.35. The molecule has 1 N–H and O–H groups in total. The Morgan fingerprint density at radius 3 is 3.12 bits per heavy atom. The minimum absolute atomic E-state index is 0.0829. The molecule has 3 heterocycles. The van der Waals surface area contributed by atoms with Crippen LogP contribution in [0.5, 0.6) is 0 Å². The molecule has 0 amide bonds. The van der Waals surface area contributed by atoms with Gasteiger partial charge in [-0.25, -0.2) is 4.98 Å². The molecule has 1 saturated heterocycles. The third-order valence-corrected chi connectivity index (χ3v) is 4.65. The zero-order chi connectivity index (χ0) is 18.5. The van der Waals surface area contributed by atoms with E-state index in [1.165, 1.54) is 5.56 Å². The summed E-state index contributed by atoms with van der Waals surface area (Å²) in [7, 11) is 1.77. The summed E-state index contributed by atoms with van der Waals surface area (Å²) in [5, 5.41) is 3.37. The Balaban J connectivity index is 1.62. The lowest BCUT2D eigenvalue weighted by Gasteiger charge is -2.33. The summed E-state index contributed by atoms with van der Waals surface area (Å²) in [5.41, 5.74) is 3.09. The van der Waals surface area contributed by atoms with Crippen molar-refractivity contribution in [3.8, 4) is 0 Å². The highest BCUT2D eigenvalue weighted by atomic mass is 16.5. The number of esters is 1. The maximum atomic E-state index is 12.0. The number of hydrogen-bond donors (Lipinski definition) is 1. The molecule has 0 aromatic carbocycles. The molecule has 7 heteroatoms. The summed E-state index contributed by atoms with van der Waals surface area (Å²) in [6.07, 6.45) is 5.87. The number of aryl methyl sites for hydroxylation is 1. The lowest BCUT2D eigenvalue weighted by molar-refractivity contribution is -0.149. The highest BCUT2D eigenvalue weighted by Gasteiger charge is 2.28. The largest absolute Gasteiger partial charge is 0.466 e. The van der Waals surface area contributed by atoms with Crippen molar-refractivity contribution in [3.63, 3.8) is 0 Å². The first-order valence-electron chi connectivity index (χ1n) is 9.17. The van der Waals surface area contributed by atoms with E-state index in [4.69, 9.17) is 4.74 Å². The molecule has 140 valence electrons. The van der Waals surface area contributed by atoms with Crippen LogP contribution in [0.1, 0.15) is 31.0 Å². The summed E-state index contributed by atoms with van der Waals surface area (Å²) in [6.45, 7) is 6.45. The smallest absolute Gasteiger partial charge is 0.310 e. The van der Waals surface area contributed by atoms with Gasteiger partial charge in [-0.05, 0) is 44.4 Å². The van der Waals surface area contributed by atoms with E-state index in [-0.39, 0.29) is 11.9 Å². The molecule has 0 spiro atoms. The van der Waals surface area contributed by atoms with Gasteiger partial charge >= 0.3 is 5.97 Å². The Labute approximate surface area is 154 Å². The monoisotopic (exact) mass is 357 g/mol. The van der Waals surface area contributed by atoms with Gasteiger partial charge in [-0.1, -0.05) is 0 Å². The number of nitrogens with one attached hydrogen (secondary N) is 1. The molecule has 0 bridgehead atoms. The molecule has 1 aliphatic heterocycles. The summed E-state index contributed by atoms with van der Waals surface area (Å²) in [4.78, 5) is 23.2. The maximum absolute atomic E-state index is 12.0. The normalized spacial score (nSPS) is 18.2. The average molecular weight is 357 g/mol. The van der Waals surface area contributed by atoms with Gasteiger partial charge in [0, 0.05) is 32.5 Å². The lowest BCUT2D eigenvalue weighted by atomic mass is 9.98. The summed E-state index contributed by atoms with van der Waals surface area (Å²) in [5.74, 6) is 0.607. The Morgan fingerprint density at radius 2 is 2.35 bits per heavy atom. The fraction of sp³-hybridized carbons (Fsp3) is 0.526. The van der Waals surface area contributed by atoms with E-state index >= 15 is 0 Å². The van der Waals surface area contributed by atoms with E-state index in [9.17, 15) is 4.79 Å². The third-order valence-electron chi connectivity index (χ3n) is 4.65. The van der Waals surface area contributed by atoms with Gasteiger partial charge in [0.1, 0.15) is 5.65 Å². The average Bonchev–Trinajstić information content (AvgIpc) is 3.04. The van der Waals surface area contributed by atoms with E-state index in [2.05, 4.69) is 39.2 Å². The number of ether oxygens (including phenoxy) is 1. The van der Waals surface area contributed by atoms with Gasteiger partial charge in [0.05, 0.1) is 24.8 Å². The topological polar surface area (TPSA) is 71.2 Å². The van der Waals surface area contributed by atoms with Gasteiger partial charge in [-0.15, -0.1) is 0 Å². The van der Waals surface area contributed by atoms with Gasteiger partial charge in [0.2, 0.25) is 0 Å². The molecule has 0 saturated carbocycles. The number of carbonyl (C=O) groups is 1. The van der Waals surface area contributed by atoms with Crippen LogP contribution in [0.2, 0.25) is 0 Å². The van der Waals surface area contributed by atoms with E-state index in [0.717, 1.165) is 36.7 Å². The highest BCUT2D eigenvalue weighted by Crippen LogP contribution is 2.18. The van der Waals surface area contributed by atoms with Crippen LogP contribution in [0.15, 0.2) is 29.5 Å². The van der Waals surface area contributed by atoms with Crippen molar-refractivity contribution in [1.29, 1.82) is 0 Å². The number of rotatable bonds is 4. The molecule has 7 nitrogen and oxygen atoms in total.